The van der Waals surface area contributed by atoms with Gasteiger partial charge in [0.25, 0.3) is 0 Å². The highest BCUT2D eigenvalue weighted by molar-refractivity contribution is 5.97. The summed E-state index contributed by atoms with van der Waals surface area (Å²) in [5.74, 6) is 0.211. The number of nitrogens with two attached hydrogens (primary N) is 1. The smallest absolute Gasteiger partial charge is 0.241 e. The monoisotopic (exact) mass is 273 g/mol. The fourth-order valence-corrected chi connectivity index (χ4v) is 3.57. The number of hydrogen-bond donors (Lipinski definition) is 1. The number of benzene rings is 1. The largest absolute Gasteiger partial charge is 0.329 e. The molecule has 4 heteroatoms. The van der Waals surface area contributed by atoms with Crippen LogP contribution in [0.3, 0.4) is 0 Å². The normalized spacial score (nSPS) is 26.0. The topological polar surface area (TPSA) is 49.6 Å². The Bertz CT molecular complexity index is 502. The zero-order valence-electron chi connectivity index (χ0n) is 12.1. The van der Waals surface area contributed by atoms with E-state index in [1.54, 1.807) is 0 Å². The molecular formula is C16H23N3O. The first-order valence-electron chi connectivity index (χ1n) is 7.54. The van der Waals surface area contributed by atoms with Crippen LogP contribution < -0.4 is 10.6 Å². The van der Waals surface area contributed by atoms with Crippen LogP contribution in [0.25, 0.3) is 0 Å². The van der Waals surface area contributed by atoms with Gasteiger partial charge < -0.3 is 10.6 Å². The third kappa shape index (κ3) is 2.34. The number of amides is 1. The molecule has 2 heterocycles. The molecule has 0 radical (unpaired) electrons. The number of nitrogens with zero attached hydrogens (tertiary/aromatic N) is 2. The second-order valence-electron chi connectivity index (χ2n) is 5.95. The Kier molecular flexibility index (Phi) is 3.76. The predicted molar refractivity (Wildman–Crippen MR) is 80.7 cm³/mol. The van der Waals surface area contributed by atoms with E-state index < -0.39 is 0 Å². The fourth-order valence-electron chi connectivity index (χ4n) is 3.57. The average Bonchev–Trinajstić information content (AvgIpc) is 3.01. The zero-order chi connectivity index (χ0) is 14.1. The number of para-hydroxylation sites is 1. The molecule has 0 bridgehead atoms. The molecular weight excluding hydrogens is 250 g/mol. The van der Waals surface area contributed by atoms with Gasteiger partial charge in [0.15, 0.2) is 0 Å². The van der Waals surface area contributed by atoms with Crippen molar-refractivity contribution in [2.75, 3.05) is 24.5 Å². The van der Waals surface area contributed by atoms with Crippen molar-refractivity contribution in [3.63, 3.8) is 0 Å². The summed E-state index contributed by atoms with van der Waals surface area (Å²) in [6.45, 7) is 4.28. The minimum absolute atomic E-state index is 0.211. The fraction of sp³-hybridized carbons (Fsp3) is 0.562. The molecule has 108 valence electrons. The second-order valence-corrected chi connectivity index (χ2v) is 5.95. The molecule has 2 unspecified atom stereocenters. The standard InChI is InChI=1S/C16H23N3O/c1-12-9-13-5-2-3-7-15(13)19(12)16(20)11-18-8-4-6-14(18)10-17/h2-3,5,7,12,14H,4,6,8-11,17H2,1H3. The van der Waals surface area contributed by atoms with Crippen LogP contribution in [0.2, 0.25) is 0 Å². The summed E-state index contributed by atoms with van der Waals surface area (Å²) in [4.78, 5) is 16.9. The van der Waals surface area contributed by atoms with Crippen LogP contribution in [0.15, 0.2) is 24.3 Å². The van der Waals surface area contributed by atoms with E-state index in [1.807, 2.05) is 17.0 Å². The Hall–Kier alpha value is -1.39. The van der Waals surface area contributed by atoms with Crippen LogP contribution >= 0.6 is 0 Å². The lowest BCUT2D eigenvalue weighted by molar-refractivity contribution is -0.120. The Morgan fingerprint density at radius 3 is 3.00 bits per heavy atom. The summed E-state index contributed by atoms with van der Waals surface area (Å²) in [7, 11) is 0. The molecule has 0 spiro atoms. The van der Waals surface area contributed by atoms with Crippen LogP contribution in [0.1, 0.15) is 25.3 Å². The lowest BCUT2D eigenvalue weighted by Gasteiger charge is -2.28. The molecule has 2 N–H and O–H groups in total. The highest BCUT2D eigenvalue weighted by Gasteiger charge is 2.33. The maximum Gasteiger partial charge on any atom is 0.241 e. The number of fused-ring (bicyclic) bond motifs is 1. The summed E-state index contributed by atoms with van der Waals surface area (Å²) in [5, 5.41) is 0. The van der Waals surface area contributed by atoms with E-state index >= 15 is 0 Å². The van der Waals surface area contributed by atoms with Gasteiger partial charge in [-0.25, -0.2) is 0 Å². The van der Waals surface area contributed by atoms with Gasteiger partial charge in [-0.15, -0.1) is 0 Å². The van der Waals surface area contributed by atoms with Crippen molar-refractivity contribution in [3.05, 3.63) is 29.8 Å². The third-order valence-electron chi connectivity index (χ3n) is 4.59. The van der Waals surface area contributed by atoms with Crippen molar-refractivity contribution in [2.24, 2.45) is 5.73 Å². The Morgan fingerprint density at radius 2 is 2.20 bits per heavy atom. The van der Waals surface area contributed by atoms with Crippen LogP contribution in [-0.2, 0) is 11.2 Å². The van der Waals surface area contributed by atoms with E-state index in [-0.39, 0.29) is 11.9 Å². The lowest BCUT2D eigenvalue weighted by Crippen LogP contribution is -2.46. The molecule has 0 aromatic heterocycles. The first-order chi connectivity index (χ1) is 9.70. The number of hydrogen-bond acceptors (Lipinski definition) is 3. The van der Waals surface area contributed by atoms with E-state index in [9.17, 15) is 4.79 Å². The number of likely N-dealkylation sites (tertiary alicyclic amines) is 1. The van der Waals surface area contributed by atoms with E-state index in [1.165, 1.54) is 5.56 Å². The Balaban J connectivity index is 1.74. The number of rotatable bonds is 3. The van der Waals surface area contributed by atoms with Gasteiger partial charge in [-0.2, -0.15) is 0 Å². The summed E-state index contributed by atoms with van der Waals surface area (Å²) in [6.07, 6.45) is 3.24. The first kappa shape index (κ1) is 13.6. The molecule has 2 aliphatic heterocycles. The van der Waals surface area contributed by atoms with Gasteiger partial charge in [0, 0.05) is 24.3 Å². The molecule has 1 aromatic rings. The molecule has 1 saturated heterocycles. The average molecular weight is 273 g/mol. The minimum atomic E-state index is 0.211. The van der Waals surface area contributed by atoms with Gasteiger partial charge in [0.2, 0.25) is 5.91 Å². The van der Waals surface area contributed by atoms with Gasteiger partial charge in [0.1, 0.15) is 0 Å². The van der Waals surface area contributed by atoms with Gasteiger partial charge >= 0.3 is 0 Å². The molecule has 4 nitrogen and oxygen atoms in total. The molecule has 3 rings (SSSR count). The third-order valence-corrected chi connectivity index (χ3v) is 4.59. The summed E-state index contributed by atoms with van der Waals surface area (Å²) < 4.78 is 0. The molecule has 1 aromatic carbocycles. The van der Waals surface area contributed by atoms with Gasteiger partial charge in [-0.05, 0) is 44.4 Å². The quantitative estimate of drug-likeness (QED) is 0.905. The molecule has 20 heavy (non-hydrogen) atoms. The zero-order valence-corrected chi connectivity index (χ0v) is 12.1. The summed E-state index contributed by atoms with van der Waals surface area (Å²) in [6, 6.07) is 8.88. The highest BCUT2D eigenvalue weighted by atomic mass is 16.2. The van der Waals surface area contributed by atoms with E-state index in [0.717, 1.165) is 31.5 Å². The van der Waals surface area contributed by atoms with Gasteiger partial charge in [0.05, 0.1) is 6.54 Å². The van der Waals surface area contributed by atoms with E-state index in [2.05, 4.69) is 24.0 Å². The van der Waals surface area contributed by atoms with Crippen molar-refractivity contribution >= 4 is 11.6 Å². The van der Waals surface area contributed by atoms with Crippen molar-refractivity contribution in [2.45, 2.75) is 38.3 Å². The SMILES string of the molecule is CC1Cc2ccccc2N1C(=O)CN1CCCC1CN. The van der Waals surface area contributed by atoms with Crippen molar-refractivity contribution in [1.82, 2.24) is 4.90 Å². The first-order valence-corrected chi connectivity index (χ1v) is 7.54. The van der Waals surface area contributed by atoms with Crippen molar-refractivity contribution in [1.29, 1.82) is 0 Å². The predicted octanol–water partition coefficient (Wildman–Crippen LogP) is 1.39. The van der Waals surface area contributed by atoms with Crippen LogP contribution in [0, 0.1) is 0 Å². The summed E-state index contributed by atoms with van der Waals surface area (Å²) >= 11 is 0. The van der Waals surface area contributed by atoms with Crippen molar-refractivity contribution < 1.29 is 4.79 Å². The molecule has 0 saturated carbocycles. The molecule has 2 aliphatic rings. The maximum absolute atomic E-state index is 12.7. The Morgan fingerprint density at radius 1 is 1.40 bits per heavy atom. The Labute approximate surface area is 120 Å². The number of anilines is 1. The van der Waals surface area contributed by atoms with Crippen LogP contribution in [0.5, 0.6) is 0 Å². The molecule has 1 fully saturated rings. The summed E-state index contributed by atoms with van der Waals surface area (Å²) in [5.41, 5.74) is 8.16. The lowest BCUT2D eigenvalue weighted by atomic mass is 10.1. The number of carbonyl (C=O) groups excluding carboxylic acids is 1. The van der Waals surface area contributed by atoms with Gasteiger partial charge in [-0.1, -0.05) is 18.2 Å². The van der Waals surface area contributed by atoms with Crippen LogP contribution in [-0.4, -0.2) is 42.5 Å². The maximum atomic E-state index is 12.7. The minimum Gasteiger partial charge on any atom is -0.329 e. The number of carbonyl (C=O) groups is 1. The van der Waals surface area contributed by atoms with Crippen LogP contribution in [0.4, 0.5) is 5.69 Å². The van der Waals surface area contributed by atoms with E-state index in [4.69, 9.17) is 5.73 Å². The second kappa shape index (κ2) is 5.54. The van der Waals surface area contributed by atoms with Crippen molar-refractivity contribution in [3.8, 4) is 0 Å². The highest BCUT2D eigenvalue weighted by Crippen LogP contribution is 2.32. The molecule has 1 amide bonds. The van der Waals surface area contributed by atoms with Gasteiger partial charge in [-0.3, -0.25) is 9.69 Å². The van der Waals surface area contributed by atoms with E-state index in [0.29, 0.717) is 19.1 Å². The molecule has 0 aliphatic carbocycles. The molecule has 2 atom stereocenters.